The highest BCUT2D eigenvalue weighted by atomic mass is 16.5. The van der Waals surface area contributed by atoms with Crippen molar-refractivity contribution in [1.82, 2.24) is 0 Å². The summed E-state index contributed by atoms with van der Waals surface area (Å²) in [5.74, 6) is 0.789. The van der Waals surface area contributed by atoms with Crippen LogP contribution >= 0.6 is 0 Å². The lowest BCUT2D eigenvalue weighted by Crippen LogP contribution is -2.35. The third kappa shape index (κ3) is 3.97. The first-order chi connectivity index (χ1) is 6.39. The van der Waals surface area contributed by atoms with Gasteiger partial charge in [-0.3, -0.25) is 0 Å². The molecule has 2 heteroatoms. The van der Waals surface area contributed by atoms with E-state index < -0.39 is 0 Å². The van der Waals surface area contributed by atoms with Crippen LogP contribution < -0.4 is 5.73 Å². The third-order valence-corrected chi connectivity index (χ3v) is 2.94. The highest BCUT2D eigenvalue weighted by Crippen LogP contribution is 2.39. The van der Waals surface area contributed by atoms with Crippen LogP contribution in [0.4, 0.5) is 0 Å². The number of rotatable bonds is 3. The van der Waals surface area contributed by atoms with Crippen LogP contribution in [0.2, 0.25) is 0 Å². The van der Waals surface area contributed by atoms with E-state index in [1.807, 2.05) is 6.92 Å². The molecule has 0 bridgehead atoms. The molecular weight excluding hydrogens is 174 g/mol. The molecule has 0 saturated heterocycles. The van der Waals surface area contributed by atoms with Crippen molar-refractivity contribution in [2.45, 2.75) is 59.1 Å². The zero-order valence-electron chi connectivity index (χ0n) is 10.0. The van der Waals surface area contributed by atoms with Crippen molar-refractivity contribution in [2.75, 3.05) is 6.61 Å². The molecule has 84 valence electrons. The van der Waals surface area contributed by atoms with Gasteiger partial charge >= 0.3 is 0 Å². The molecule has 0 radical (unpaired) electrons. The van der Waals surface area contributed by atoms with Gasteiger partial charge < -0.3 is 10.5 Å². The molecule has 1 saturated carbocycles. The maximum absolute atomic E-state index is 5.83. The minimum absolute atomic E-state index is 0.162. The molecule has 0 aromatic heterocycles. The molecule has 2 unspecified atom stereocenters. The molecule has 1 fully saturated rings. The standard InChI is InChI=1S/C12H25NO/c1-9-5-11(14-8-10(2)13)7-12(3,4)6-9/h9-11H,5-8,13H2,1-4H3/t9?,10-,11?/m0/s1. The Morgan fingerprint density at radius 3 is 2.57 bits per heavy atom. The molecule has 0 aliphatic heterocycles. The fraction of sp³-hybridized carbons (Fsp3) is 1.00. The van der Waals surface area contributed by atoms with Gasteiger partial charge in [0.05, 0.1) is 12.7 Å². The van der Waals surface area contributed by atoms with Crippen LogP contribution in [0.15, 0.2) is 0 Å². The van der Waals surface area contributed by atoms with Crippen molar-refractivity contribution in [3.8, 4) is 0 Å². The molecule has 0 aromatic carbocycles. The van der Waals surface area contributed by atoms with Crippen LogP contribution in [-0.2, 0) is 4.74 Å². The molecule has 1 aliphatic carbocycles. The largest absolute Gasteiger partial charge is 0.377 e. The maximum atomic E-state index is 5.83. The quantitative estimate of drug-likeness (QED) is 0.758. The van der Waals surface area contributed by atoms with Gasteiger partial charge in [0.25, 0.3) is 0 Å². The summed E-state index contributed by atoms with van der Waals surface area (Å²) in [6, 6.07) is 0.162. The Bertz CT molecular complexity index is 177. The Balaban J connectivity index is 2.38. The van der Waals surface area contributed by atoms with Gasteiger partial charge in [0, 0.05) is 6.04 Å². The van der Waals surface area contributed by atoms with Crippen molar-refractivity contribution >= 4 is 0 Å². The fourth-order valence-electron chi connectivity index (χ4n) is 2.67. The molecule has 0 heterocycles. The Hall–Kier alpha value is -0.0800. The number of hydrogen-bond donors (Lipinski definition) is 1. The zero-order chi connectivity index (χ0) is 10.8. The van der Waals surface area contributed by atoms with Crippen LogP contribution in [0.5, 0.6) is 0 Å². The first kappa shape index (κ1) is 12.0. The van der Waals surface area contributed by atoms with E-state index in [4.69, 9.17) is 10.5 Å². The first-order valence-electron chi connectivity index (χ1n) is 5.76. The van der Waals surface area contributed by atoms with E-state index in [-0.39, 0.29) is 6.04 Å². The molecule has 0 spiro atoms. The van der Waals surface area contributed by atoms with Crippen LogP contribution in [-0.4, -0.2) is 18.8 Å². The normalized spacial score (nSPS) is 34.1. The maximum Gasteiger partial charge on any atom is 0.0618 e. The van der Waals surface area contributed by atoms with Crippen LogP contribution in [0.25, 0.3) is 0 Å². The van der Waals surface area contributed by atoms with Crippen LogP contribution in [0, 0.1) is 11.3 Å². The SMILES string of the molecule is CC1CC(OC[C@H](C)N)CC(C)(C)C1. The summed E-state index contributed by atoms with van der Waals surface area (Å²) in [4.78, 5) is 0. The molecule has 1 aliphatic rings. The van der Waals surface area contributed by atoms with E-state index >= 15 is 0 Å². The van der Waals surface area contributed by atoms with Crippen molar-refractivity contribution in [3.63, 3.8) is 0 Å². The molecule has 0 aromatic rings. The number of hydrogen-bond acceptors (Lipinski definition) is 2. The summed E-state index contributed by atoms with van der Waals surface area (Å²) in [5.41, 5.74) is 6.13. The smallest absolute Gasteiger partial charge is 0.0618 e. The number of ether oxygens (including phenoxy) is 1. The lowest BCUT2D eigenvalue weighted by atomic mass is 9.71. The van der Waals surface area contributed by atoms with Gasteiger partial charge in [0.2, 0.25) is 0 Å². The van der Waals surface area contributed by atoms with Gasteiger partial charge in [-0.1, -0.05) is 20.8 Å². The predicted molar refractivity (Wildman–Crippen MR) is 60.2 cm³/mol. The molecular formula is C12H25NO. The van der Waals surface area contributed by atoms with Gasteiger partial charge in [-0.05, 0) is 37.5 Å². The van der Waals surface area contributed by atoms with Gasteiger partial charge in [-0.2, -0.15) is 0 Å². The molecule has 3 atom stereocenters. The minimum Gasteiger partial charge on any atom is -0.377 e. The Morgan fingerprint density at radius 1 is 1.43 bits per heavy atom. The predicted octanol–water partition coefficient (Wildman–Crippen LogP) is 2.57. The minimum atomic E-state index is 0.162. The van der Waals surface area contributed by atoms with Crippen LogP contribution in [0.3, 0.4) is 0 Å². The highest BCUT2D eigenvalue weighted by Gasteiger charge is 2.32. The average molecular weight is 199 g/mol. The molecule has 14 heavy (non-hydrogen) atoms. The Labute approximate surface area is 88.2 Å². The summed E-state index contributed by atoms with van der Waals surface area (Å²) in [6.07, 6.45) is 4.14. The van der Waals surface area contributed by atoms with E-state index in [0.29, 0.717) is 18.1 Å². The van der Waals surface area contributed by atoms with Gasteiger partial charge in [-0.25, -0.2) is 0 Å². The van der Waals surface area contributed by atoms with E-state index in [1.165, 1.54) is 19.3 Å². The van der Waals surface area contributed by atoms with Gasteiger partial charge in [0.15, 0.2) is 0 Å². The Kier molecular flexibility index (Phi) is 3.96. The summed E-state index contributed by atoms with van der Waals surface area (Å²) in [6.45, 7) is 9.70. The van der Waals surface area contributed by atoms with Crippen molar-refractivity contribution < 1.29 is 4.74 Å². The third-order valence-electron chi connectivity index (χ3n) is 2.94. The van der Waals surface area contributed by atoms with Gasteiger partial charge in [0.1, 0.15) is 0 Å². The summed E-state index contributed by atoms with van der Waals surface area (Å²) >= 11 is 0. The van der Waals surface area contributed by atoms with Crippen molar-refractivity contribution in [2.24, 2.45) is 17.1 Å². The summed E-state index contributed by atoms with van der Waals surface area (Å²) in [5, 5.41) is 0. The molecule has 1 rings (SSSR count). The van der Waals surface area contributed by atoms with E-state index in [1.54, 1.807) is 0 Å². The zero-order valence-corrected chi connectivity index (χ0v) is 10.0. The second-order valence-corrected chi connectivity index (χ2v) is 5.85. The summed E-state index contributed by atoms with van der Waals surface area (Å²) < 4.78 is 5.83. The Morgan fingerprint density at radius 2 is 2.07 bits per heavy atom. The lowest BCUT2D eigenvalue weighted by Gasteiger charge is -2.39. The second kappa shape index (κ2) is 4.63. The second-order valence-electron chi connectivity index (χ2n) is 5.85. The fourth-order valence-corrected chi connectivity index (χ4v) is 2.67. The van der Waals surface area contributed by atoms with Crippen molar-refractivity contribution in [3.05, 3.63) is 0 Å². The van der Waals surface area contributed by atoms with Crippen molar-refractivity contribution in [1.29, 1.82) is 0 Å². The molecule has 2 nitrogen and oxygen atoms in total. The molecule has 0 amide bonds. The molecule has 2 N–H and O–H groups in total. The topological polar surface area (TPSA) is 35.2 Å². The monoisotopic (exact) mass is 199 g/mol. The van der Waals surface area contributed by atoms with E-state index in [2.05, 4.69) is 20.8 Å². The van der Waals surface area contributed by atoms with Gasteiger partial charge in [-0.15, -0.1) is 0 Å². The van der Waals surface area contributed by atoms with E-state index in [0.717, 1.165) is 5.92 Å². The lowest BCUT2D eigenvalue weighted by molar-refractivity contribution is -0.0262. The van der Waals surface area contributed by atoms with Crippen LogP contribution in [0.1, 0.15) is 47.0 Å². The highest BCUT2D eigenvalue weighted by molar-refractivity contribution is 4.83. The first-order valence-corrected chi connectivity index (χ1v) is 5.76. The average Bonchev–Trinajstić information content (AvgIpc) is 1.96. The number of nitrogens with two attached hydrogens (primary N) is 1. The summed E-state index contributed by atoms with van der Waals surface area (Å²) in [7, 11) is 0. The van der Waals surface area contributed by atoms with E-state index in [9.17, 15) is 0 Å².